The molecule has 0 aliphatic rings. The lowest BCUT2D eigenvalue weighted by Gasteiger charge is -2.04. The van der Waals surface area contributed by atoms with Gasteiger partial charge in [-0.25, -0.2) is 5.10 Å². The van der Waals surface area contributed by atoms with Crippen molar-refractivity contribution >= 4 is 28.2 Å². The van der Waals surface area contributed by atoms with Crippen LogP contribution in [-0.2, 0) is 6.42 Å². The molecule has 4 nitrogen and oxygen atoms in total. The van der Waals surface area contributed by atoms with E-state index in [2.05, 4.69) is 10.2 Å². The Morgan fingerprint density at radius 2 is 1.86 bits per heavy atom. The molecule has 0 amide bonds. The number of carbonyl (C=O) groups excluding carboxylic acids is 1. The van der Waals surface area contributed by atoms with Gasteiger partial charge in [-0.05, 0) is 17.7 Å². The molecule has 0 saturated carbocycles. The zero-order valence-electron chi connectivity index (χ0n) is 11.0. The first-order chi connectivity index (χ1) is 10.1. The van der Waals surface area contributed by atoms with Crippen LogP contribution in [0.25, 0.3) is 10.8 Å². The molecule has 0 bridgehead atoms. The van der Waals surface area contributed by atoms with Crippen LogP contribution in [0.2, 0.25) is 5.15 Å². The fraction of sp³-hybridized carbons (Fsp3) is 0.0625. The Kier molecular flexibility index (Phi) is 3.54. The Labute approximate surface area is 125 Å². The molecule has 0 aliphatic carbocycles. The van der Waals surface area contributed by atoms with Gasteiger partial charge in [-0.1, -0.05) is 48.0 Å². The van der Waals surface area contributed by atoms with Crippen molar-refractivity contribution in [2.45, 2.75) is 6.42 Å². The number of fused-ring (bicyclic) bond motifs is 1. The van der Waals surface area contributed by atoms with Crippen molar-refractivity contribution in [3.05, 3.63) is 75.2 Å². The number of benzene rings is 2. The molecule has 0 radical (unpaired) electrons. The molecule has 0 fully saturated rings. The highest BCUT2D eigenvalue weighted by Crippen LogP contribution is 2.20. The number of aromatic nitrogens is 2. The van der Waals surface area contributed by atoms with E-state index >= 15 is 0 Å². The minimum Gasteiger partial charge on any atom is -0.294 e. The van der Waals surface area contributed by atoms with Gasteiger partial charge in [0.1, 0.15) is 0 Å². The first-order valence-corrected chi connectivity index (χ1v) is 6.78. The first kappa shape index (κ1) is 13.5. The summed E-state index contributed by atoms with van der Waals surface area (Å²) in [5, 5.41) is 7.10. The van der Waals surface area contributed by atoms with Crippen molar-refractivity contribution in [2.75, 3.05) is 0 Å². The maximum absolute atomic E-state index is 12.3. The normalized spacial score (nSPS) is 10.7. The van der Waals surface area contributed by atoms with E-state index in [9.17, 15) is 9.59 Å². The molecular formula is C16H11ClN2O2. The maximum Gasteiger partial charge on any atom is 0.272 e. The van der Waals surface area contributed by atoms with Crippen LogP contribution in [0.4, 0.5) is 0 Å². The van der Waals surface area contributed by atoms with Gasteiger partial charge < -0.3 is 0 Å². The lowest BCUT2D eigenvalue weighted by Crippen LogP contribution is -2.10. The fourth-order valence-corrected chi connectivity index (χ4v) is 2.39. The topological polar surface area (TPSA) is 62.8 Å². The Bertz CT molecular complexity index is 872. The summed E-state index contributed by atoms with van der Waals surface area (Å²) in [7, 11) is 0. The average molecular weight is 299 g/mol. The number of hydrogen-bond donors (Lipinski definition) is 1. The Morgan fingerprint density at radius 3 is 2.62 bits per heavy atom. The molecule has 0 atom stereocenters. The first-order valence-electron chi connectivity index (χ1n) is 6.40. The standard InChI is InChI=1S/C16H11ClN2O2/c17-15-13-9-11(6-7-12(13)16(21)19-18-15)14(20)8-10-4-2-1-3-5-10/h1-7,9H,8H2,(H,19,21). The van der Waals surface area contributed by atoms with Crippen LogP contribution in [0.15, 0.2) is 53.3 Å². The minimum atomic E-state index is -0.323. The van der Waals surface area contributed by atoms with Crippen LogP contribution in [-0.4, -0.2) is 16.0 Å². The summed E-state index contributed by atoms with van der Waals surface area (Å²) in [6.45, 7) is 0. The smallest absolute Gasteiger partial charge is 0.272 e. The number of nitrogens with one attached hydrogen (secondary N) is 1. The Balaban J connectivity index is 1.99. The molecule has 0 spiro atoms. The van der Waals surface area contributed by atoms with E-state index in [1.165, 1.54) is 0 Å². The molecule has 1 aromatic heterocycles. The highest BCUT2D eigenvalue weighted by molar-refractivity contribution is 6.34. The zero-order valence-corrected chi connectivity index (χ0v) is 11.7. The minimum absolute atomic E-state index is 0.0283. The van der Waals surface area contributed by atoms with Crippen molar-refractivity contribution in [3.8, 4) is 0 Å². The number of hydrogen-bond acceptors (Lipinski definition) is 3. The third-order valence-corrected chi connectivity index (χ3v) is 3.56. The quantitative estimate of drug-likeness (QED) is 0.756. The SMILES string of the molecule is O=C(Cc1ccccc1)c1ccc2c(=O)[nH]nc(Cl)c2c1. The molecule has 0 aliphatic heterocycles. The number of halogens is 1. The Hall–Kier alpha value is -2.46. The summed E-state index contributed by atoms with van der Waals surface area (Å²) < 4.78 is 0. The molecule has 21 heavy (non-hydrogen) atoms. The van der Waals surface area contributed by atoms with Crippen molar-refractivity contribution < 1.29 is 4.79 Å². The number of rotatable bonds is 3. The summed E-state index contributed by atoms with van der Waals surface area (Å²) in [5.74, 6) is -0.0283. The van der Waals surface area contributed by atoms with E-state index in [0.717, 1.165) is 5.56 Å². The summed E-state index contributed by atoms with van der Waals surface area (Å²) in [5.41, 5.74) is 1.13. The third-order valence-electron chi connectivity index (χ3n) is 3.27. The van der Waals surface area contributed by atoms with Gasteiger partial charge in [0.2, 0.25) is 0 Å². The van der Waals surface area contributed by atoms with Gasteiger partial charge in [0, 0.05) is 17.4 Å². The van der Waals surface area contributed by atoms with E-state index in [4.69, 9.17) is 11.6 Å². The molecule has 1 heterocycles. The van der Waals surface area contributed by atoms with Crippen molar-refractivity contribution in [1.82, 2.24) is 10.2 Å². The molecule has 3 aromatic rings. The van der Waals surface area contributed by atoms with Crippen molar-refractivity contribution in [1.29, 1.82) is 0 Å². The van der Waals surface area contributed by atoms with Gasteiger partial charge in [-0.15, -0.1) is 0 Å². The molecule has 5 heteroatoms. The lowest BCUT2D eigenvalue weighted by atomic mass is 10.0. The van der Waals surface area contributed by atoms with E-state index in [0.29, 0.717) is 22.8 Å². The number of H-pyrrole nitrogens is 1. The van der Waals surface area contributed by atoms with Gasteiger partial charge in [0.25, 0.3) is 5.56 Å². The van der Waals surface area contributed by atoms with E-state index < -0.39 is 0 Å². The maximum atomic E-state index is 12.3. The monoisotopic (exact) mass is 298 g/mol. The Morgan fingerprint density at radius 1 is 1.10 bits per heavy atom. The average Bonchev–Trinajstić information content (AvgIpc) is 2.52. The molecule has 1 N–H and O–H groups in total. The number of nitrogens with zero attached hydrogens (tertiary/aromatic N) is 1. The largest absolute Gasteiger partial charge is 0.294 e. The second-order valence-corrected chi connectivity index (χ2v) is 5.05. The highest BCUT2D eigenvalue weighted by atomic mass is 35.5. The predicted molar refractivity (Wildman–Crippen MR) is 81.9 cm³/mol. The number of Topliss-reactive ketones (excluding diaryl/α,β-unsaturated/α-hetero) is 1. The van der Waals surface area contributed by atoms with Gasteiger partial charge in [-0.3, -0.25) is 9.59 Å². The van der Waals surface area contributed by atoms with E-state index in [1.807, 2.05) is 30.3 Å². The van der Waals surface area contributed by atoms with Crippen LogP contribution >= 0.6 is 11.6 Å². The van der Waals surface area contributed by atoms with Gasteiger partial charge in [0.05, 0.1) is 5.39 Å². The number of aromatic amines is 1. The second kappa shape index (κ2) is 5.50. The third kappa shape index (κ3) is 2.71. The predicted octanol–water partition coefficient (Wildman–Crippen LogP) is 3.00. The van der Waals surface area contributed by atoms with Crippen molar-refractivity contribution in [2.24, 2.45) is 0 Å². The summed E-state index contributed by atoms with van der Waals surface area (Å²) >= 11 is 5.97. The fourth-order valence-electron chi connectivity index (χ4n) is 2.19. The number of carbonyl (C=O) groups is 1. The highest BCUT2D eigenvalue weighted by Gasteiger charge is 2.11. The molecule has 2 aromatic carbocycles. The van der Waals surface area contributed by atoms with Gasteiger partial charge in [0.15, 0.2) is 10.9 Å². The van der Waals surface area contributed by atoms with Crippen LogP contribution in [0.5, 0.6) is 0 Å². The molecular weight excluding hydrogens is 288 g/mol. The molecule has 104 valence electrons. The van der Waals surface area contributed by atoms with Crippen LogP contribution in [0.1, 0.15) is 15.9 Å². The van der Waals surface area contributed by atoms with Crippen molar-refractivity contribution in [3.63, 3.8) is 0 Å². The van der Waals surface area contributed by atoms with Gasteiger partial charge >= 0.3 is 0 Å². The van der Waals surface area contributed by atoms with Crippen LogP contribution in [0, 0.1) is 0 Å². The van der Waals surface area contributed by atoms with Crippen LogP contribution in [0.3, 0.4) is 0 Å². The summed E-state index contributed by atoms with van der Waals surface area (Å²) in [6.07, 6.45) is 0.306. The summed E-state index contributed by atoms with van der Waals surface area (Å²) in [6, 6.07) is 14.3. The number of ketones is 1. The summed E-state index contributed by atoms with van der Waals surface area (Å²) in [4.78, 5) is 23.9. The van der Waals surface area contributed by atoms with E-state index in [1.54, 1.807) is 18.2 Å². The zero-order chi connectivity index (χ0) is 14.8. The molecule has 0 unspecified atom stereocenters. The second-order valence-electron chi connectivity index (χ2n) is 4.69. The van der Waals surface area contributed by atoms with E-state index in [-0.39, 0.29) is 16.5 Å². The molecule has 3 rings (SSSR count). The molecule has 0 saturated heterocycles. The van der Waals surface area contributed by atoms with Crippen LogP contribution < -0.4 is 5.56 Å². The lowest BCUT2D eigenvalue weighted by molar-refractivity contribution is 0.0993. The van der Waals surface area contributed by atoms with Gasteiger partial charge in [-0.2, -0.15) is 5.10 Å².